The zero-order chi connectivity index (χ0) is 40.3. The Hall–Kier alpha value is -8.14. The van der Waals surface area contributed by atoms with E-state index in [0.717, 1.165) is 99.9 Å². The fourth-order valence-electron chi connectivity index (χ4n) is 8.94. The van der Waals surface area contributed by atoms with E-state index in [2.05, 4.69) is 205 Å². The van der Waals surface area contributed by atoms with E-state index in [4.69, 9.17) is 8.83 Å². The molecular weight excluding hydrogens is 743 g/mol. The minimum atomic E-state index is 0.892. The summed E-state index contributed by atoms with van der Waals surface area (Å²) in [6, 6.07) is 80.2. The second-order valence-corrected chi connectivity index (χ2v) is 15.7. The molecule has 0 bridgehead atoms. The number of hydrogen-bond acceptors (Lipinski definition) is 3. The van der Waals surface area contributed by atoms with Gasteiger partial charge in [0.25, 0.3) is 0 Å². The van der Waals surface area contributed by atoms with Gasteiger partial charge in [-0.25, -0.2) is 0 Å². The van der Waals surface area contributed by atoms with Crippen molar-refractivity contribution in [1.82, 2.24) is 0 Å². The van der Waals surface area contributed by atoms with Gasteiger partial charge in [0.1, 0.15) is 22.3 Å². The van der Waals surface area contributed by atoms with E-state index in [0.29, 0.717) is 0 Å². The molecule has 10 aromatic carbocycles. The van der Waals surface area contributed by atoms with E-state index in [1.165, 1.54) is 16.3 Å². The molecule has 0 unspecified atom stereocenters. The van der Waals surface area contributed by atoms with Crippen molar-refractivity contribution < 1.29 is 8.83 Å². The van der Waals surface area contributed by atoms with Gasteiger partial charge in [0.05, 0.1) is 0 Å². The van der Waals surface area contributed by atoms with Gasteiger partial charge in [-0.1, -0.05) is 133 Å². The van der Waals surface area contributed by atoms with Gasteiger partial charge in [-0.3, -0.25) is 0 Å². The second kappa shape index (κ2) is 14.3. The summed E-state index contributed by atoms with van der Waals surface area (Å²) >= 11 is 0. The van der Waals surface area contributed by atoms with Crippen LogP contribution in [0.2, 0.25) is 0 Å². The van der Waals surface area contributed by atoms with Gasteiger partial charge in [0.15, 0.2) is 0 Å². The predicted molar refractivity (Wildman–Crippen MR) is 255 cm³/mol. The third kappa shape index (κ3) is 6.23. The molecule has 0 saturated carbocycles. The minimum absolute atomic E-state index is 0.892. The Balaban J connectivity index is 0.922. The van der Waals surface area contributed by atoms with E-state index in [9.17, 15) is 0 Å². The van der Waals surface area contributed by atoms with E-state index < -0.39 is 0 Å². The maximum absolute atomic E-state index is 6.21. The van der Waals surface area contributed by atoms with Gasteiger partial charge in [-0.05, 0) is 146 Å². The molecule has 0 spiro atoms. The molecular formula is C58H37NO2. The molecule has 0 aliphatic carbocycles. The SMILES string of the molecule is c1ccc(N(c2ccc(-c3ccc(-c4cc(-c5ccc6oc7ccccc7c6c5)cc(-c5ccc6oc7ccccc7c6c5)c4)cc3)cc2)c2ccc3ccccc3c2)cc1. The van der Waals surface area contributed by atoms with Crippen molar-refractivity contribution in [3.63, 3.8) is 0 Å². The number of hydrogen-bond donors (Lipinski definition) is 0. The third-order valence-corrected chi connectivity index (χ3v) is 12.0. The zero-order valence-corrected chi connectivity index (χ0v) is 33.1. The molecule has 3 heteroatoms. The van der Waals surface area contributed by atoms with Gasteiger partial charge < -0.3 is 13.7 Å². The number of nitrogens with zero attached hydrogens (tertiary/aromatic N) is 1. The Kier molecular flexibility index (Phi) is 8.17. The van der Waals surface area contributed by atoms with Crippen molar-refractivity contribution in [1.29, 1.82) is 0 Å². The van der Waals surface area contributed by atoms with Gasteiger partial charge in [0, 0.05) is 38.6 Å². The lowest BCUT2D eigenvalue weighted by Crippen LogP contribution is -2.09. The molecule has 2 aromatic heterocycles. The topological polar surface area (TPSA) is 29.5 Å². The number of anilines is 3. The van der Waals surface area contributed by atoms with Crippen LogP contribution in [-0.2, 0) is 0 Å². The van der Waals surface area contributed by atoms with E-state index in [1.54, 1.807) is 0 Å². The molecule has 2 heterocycles. The lowest BCUT2D eigenvalue weighted by atomic mass is 9.91. The smallest absolute Gasteiger partial charge is 0.135 e. The highest BCUT2D eigenvalue weighted by Gasteiger charge is 2.16. The van der Waals surface area contributed by atoms with E-state index >= 15 is 0 Å². The summed E-state index contributed by atoms with van der Waals surface area (Å²) in [5.74, 6) is 0. The maximum Gasteiger partial charge on any atom is 0.135 e. The molecule has 12 rings (SSSR count). The van der Waals surface area contributed by atoms with Crippen LogP contribution in [-0.4, -0.2) is 0 Å². The number of furan rings is 2. The van der Waals surface area contributed by atoms with Crippen LogP contribution >= 0.6 is 0 Å². The van der Waals surface area contributed by atoms with Crippen molar-refractivity contribution in [2.45, 2.75) is 0 Å². The summed E-state index contributed by atoms with van der Waals surface area (Å²) in [7, 11) is 0. The van der Waals surface area contributed by atoms with Crippen molar-refractivity contribution >= 4 is 71.7 Å². The van der Waals surface area contributed by atoms with E-state index in [-0.39, 0.29) is 0 Å². The van der Waals surface area contributed by atoms with Crippen molar-refractivity contribution in [3.8, 4) is 44.5 Å². The molecule has 0 amide bonds. The highest BCUT2D eigenvalue weighted by Crippen LogP contribution is 2.40. The zero-order valence-electron chi connectivity index (χ0n) is 33.1. The number of para-hydroxylation sites is 3. The molecule has 286 valence electrons. The van der Waals surface area contributed by atoms with Gasteiger partial charge in [0.2, 0.25) is 0 Å². The Morgan fingerprint density at radius 1 is 0.230 bits per heavy atom. The maximum atomic E-state index is 6.21. The second-order valence-electron chi connectivity index (χ2n) is 15.7. The molecule has 0 radical (unpaired) electrons. The molecule has 0 aliphatic rings. The Bertz CT molecular complexity index is 3450. The van der Waals surface area contributed by atoms with Crippen LogP contribution in [0.3, 0.4) is 0 Å². The lowest BCUT2D eigenvalue weighted by molar-refractivity contribution is 0.668. The van der Waals surface area contributed by atoms with Gasteiger partial charge in [-0.15, -0.1) is 0 Å². The fraction of sp³-hybridized carbons (Fsp3) is 0. The fourth-order valence-corrected chi connectivity index (χ4v) is 8.94. The molecule has 0 N–H and O–H groups in total. The average molecular weight is 780 g/mol. The van der Waals surface area contributed by atoms with Gasteiger partial charge in [-0.2, -0.15) is 0 Å². The largest absolute Gasteiger partial charge is 0.456 e. The highest BCUT2D eigenvalue weighted by molar-refractivity contribution is 6.08. The first-order valence-electron chi connectivity index (χ1n) is 20.7. The van der Waals surface area contributed by atoms with E-state index in [1.807, 2.05) is 24.3 Å². The normalized spacial score (nSPS) is 11.6. The van der Waals surface area contributed by atoms with Gasteiger partial charge >= 0.3 is 0 Å². The summed E-state index contributed by atoms with van der Waals surface area (Å²) in [6.45, 7) is 0. The van der Waals surface area contributed by atoms with Crippen LogP contribution in [0.25, 0.3) is 99.2 Å². The Morgan fingerprint density at radius 3 is 1.23 bits per heavy atom. The average Bonchev–Trinajstić information content (AvgIpc) is 3.90. The van der Waals surface area contributed by atoms with Crippen LogP contribution in [0.1, 0.15) is 0 Å². The lowest BCUT2D eigenvalue weighted by Gasteiger charge is -2.26. The number of benzene rings is 10. The van der Waals surface area contributed by atoms with Crippen molar-refractivity contribution in [2.75, 3.05) is 4.90 Å². The van der Waals surface area contributed by atoms with Crippen molar-refractivity contribution in [2.24, 2.45) is 0 Å². The number of rotatable bonds is 7. The monoisotopic (exact) mass is 779 g/mol. The molecule has 12 aromatic rings. The first-order chi connectivity index (χ1) is 30.2. The van der Waals surface area contributed by atoms with Crippen molar-refractivity contribution in [3.05, 3.63) is 224 Å². The molecule has 3 nitrogen and oxygen atoms in total. The van der Waals surface area contributed by atoms with Crippen LogP contribution in [0.15, 0.2) is 233 Å². The number of fused-ring (bicyclic) bond motifs is 7. The molecule has 61 heavy (non-hydrogen) atoms. The quantitative estimate of drug-likeness (QED) is 0.161. The Labute approximate surface area is 353 Å². The molecule has 0 atom stereocenters. The van der Waals surface area contributed by atoms with Crippen LogP contribution in [0, 0.1) is 0 Å². The predicted octanol–water partition coefficient (Wildman–Crippen LogP) is 16.8. The first-order valence-corrected chi connectivity index (χ1v) is 20.7. The summed E-state index contributed by atoms with van der Waals surface area (Å²) in [6.07, 6.45) is 0. The molecule has 0 fully saturated rings. The third-order valence-electron chi connectivity index (χ3n) is 12.0. The van der Waals surface area contributed by atoms with Crippen LogP contribution in [0.5, 0.6) is 0 Å². The highest BCUT2D eigenvalue weighted by atomic mass is 16.3. The summed E-state index contributed by atoms with van der Waals surface area (Å²) < 4.78 is 12.4. The van der Waals surface area contributed by atoms with Crippen LogP contribution in [0.4, 0.5) is 17.1 Å². The molecule has 0 aliphatic heterocycles. The first kappa shape index (κ1) is 34.9. The summed E-state index contributed by atoms with van der Waals surface area (Å²) in [5, 5.41) is 6.93. The summed E-state index contributed by atoms with van der Waals surface area (Å²) in [5.41, 5.74) is 16.1. The summed E-state index contributed by atoms with van der Waals surface area (Å²) in [4.78, 5) is 2.32. The Morgan fingerprint density at radius 2 is 0.639 bits per heavy atom. The minimum Gasteiger partial charge on any atom is -0.456 e. The molecule has 0 saturated heterocycles. The standard InChI is InChI=1S/C58H37NO2/c1-2-12-48(13-3-1)59(50-29-24-38-10-4-5-11-42(38)35-50)49-27-22-40(23-28-49)39-18-20-41(21-19-39)45-32-46(43-25-30-57-53(36-43)51-14-6-8-16-55(51)60-57)34-47(33-45)44-26-31-58-54(37-44)52-15-7-9-17-56(52)61-58/h1-37H. The van der Waals surface area contributed by atoms with Crippen LogP contribution < -0.4 is 4.90 Å².